The van der Waals surface area contributed by atoms with Crippen LogP contribution in [0.4, 0.5) is 0 Å². The third-order valence-electron chi connectivity index (χ3n) is 4.26. The first-order chi connectivity index (χ1) is 14.1. The van der Waals surface area contributed by atoms with E-state index in [9.17, 15) is 9.59 Å². The van der Waals surface area contributed by atoms with Gasteiger partial charge in [-0.2, -0.15) is 0 Å². The Morgan fingerprint density at radius 3 is 1.59 bits per heavy atom. The average molecular weight is 405 g/mol. The van der Waals surface area contributed by atoms with Crippen LogP contribution in [0.5, 0.6) is 0 Å². The molecule has 0 heterocycles. The van der Waals surface area contributed by atoms with Crippen molar-refractivity contribution in [2.75, 3.05) is 0 Å². The van der Waals surface area contributed by atoms with Gasteiger partial charge in [0.05, 0.1) is 0 Å². The van der Waals surface area contributed by atoms with E-state index in [2.05, 4.69) is 10.6 Å². The van der Waals surface area contributed by atoms with Gasteiger partial charge in [0.2, 0.25) is 0 Å². The Morgan fingerprint density at radius 2 is 1.14 bits per heavy atom. The van der Waals surface area contributed by atoms with Crippen LogP contribution in [-0.4, -0.2) is 11.8 Å². The highest BCUT2D eigenvalue weighted by atomic mass is 35.5. The normalized spacial score (nSPS) is 10.1. The topological polar surface area (TPSA) is 58.2 Å². The summed E-state index contributed by atoms with van der Waals surface area (Å²) in [4.78, 5) is 25.5. The fourth-order valence-electron chi connectivity index (χ4n) is 2.71. The van der Waals surface area contributed by atoms with Gasteiger partial charge in [-0.25, -0.2) is 0 Å². The van der Waals surface area contributed by atoms with E-state index >= 15 is 0 Å². The summed E-state index contributed by atoms with van der Waals surface area (Å²) in [6.45, 7) is 0.674. The molecule has 2 amide bonds. The molecule has 0 bridgehead atoms. The Balaban J connectivity index is 1.75. The maximum Gasteiger partial charge on any atom is 0.257 e. The van der Waals surface area contributed by atoms with Crippen molar-refractivity contribution in [3.05, 3.63) is 112 Å². The maximum atomic E-state index is 12.8. The van der Waals surface area contributed by atoms with Crippen LogP contribution in [0, 0.1) is 0 Å². The zero-order valence-electron chi connectivity index (χ0n) is 15.8. The lowest BCUT2D eigenvalue weighted by Gasteiger charge is -2.11. The van der Waals surface area contributed by atoms with Crippen LogP contribution in [0.3, 0.4) is 0 Å². The van der Waals surface area contributed by atoms with Gasteiger partial charge >= 0.3 is 0 Å². The number of rotatable bonds is 7. The Morgan fingerprint density at radius 1 is 0.690 bits per heavy atom. The second-order valence-corrected chi connectivity index (χ2v) is 6.88. The molecule has 146 valence electrons. The molecule has 3 aromatic carbocycles. The third kappa shape index (κ3) is 6.33. The van der Waals surface area contributed by atoms with Crippen LogP contribution < -0.4 is 10.6 Å². The van der Waals surface area contributed by atoms with E-state index in [-0.39, 0.29) is 5.57 Å². The number of halogens is 1. The predicted octanol–water partition coefficient (Wildman–Crippen LogP) is 4.36. The van der Waals surface area contributed by atoms with E-state index in [1.54, 1.807) is 30.3 Å². The van der Waals surface area contributed by atoms with Crippen molar-refractivity contribution in [3.8, 4) is 0 Å². The highest BCUT2D eigenvalue weighted by Crippen LogP contribution is 2.13. The highest BCUT2D eigenvalue weighted by Gasteiger charge is 2.18. The monoisotopic (exact) mass is 404 g/mol. The lowest BCUT2D eigenvalue weighted by Crippen LogP contribution is -2.34. The second kappa shape index (κ2) is 10.2. The molecule has 0 saturated heterocycles. The molecule has 5 heteroatoms. The molecule has 0 unspecified atom stereocenters. The standard InChI is InChI=1S/C24H21ClN2O2/c25-21-13-11-18(12-14-21)15-22(23(28)26-16-19-7-3-1-4-8-19)24(29)27-17-20-9-5-2-6-10-20/h1-15H,16-17H2,(H,26,28)(H,27,29). The SMILES string of the molecule is O=C(NCc1ccccc1)C(=Cc1ccc(Cl)cc1)C(=O)NCc1ccccc1. The van der Waals surface area contributed by atoms with Crippen molar-refractivity contribution < 1.29 is 9.59 Å². The van der Waals surface area contributed by atoms with Gasteiger partial charge in [-0.3, -0.25) is 9.59 Å². The average Bonchev–Trinajstić information content (AvgIpc) is 2.77. The Kier molecular flexibility index (Phi) is 7.20. The molecule has 2 N–H and O–H groups in total. The fourth-order valence-corrected chi connectivity index (χ4v) is 2.83. The number of carbonyl (C=O) groups is 2. The number of carbonyl (C=O) groups excluding carboxylic acids is 2. The third-order valence-corrected chi connectivity index (χ3v) is 4.51. The van der Waals surface area contributed by atoms with Crippen LogP contribution in [0.15, 0.2) is 90.5 Å². The van der Waals surface area contributed by atoms with Crippen LogP contribution in [0.2, 0.25) is 5.02 Å². The minimum Gasteiger partial charge on any atom is -0.348 e. The summed E-state index contributed by atoms with van der Waals surface area (Å²) in [6.07, 6.45) is 1.57. The summed E-state index contributed by atoms with van der Waals surface area (Å²) in [7, 11) is 0. The van der Waals surface area contributed by atoms with Crippen molar-refractivity contribution in [2.45, 2.75) is 13.1 Å². The van der Waals surface area contributed by atoms with Gasteiger partial charge < -0.3 is 10.6 Å². The fraction of sp³-hybridized carbons (Fsp3) is 0.0833. The van der Waals surface area contributed by atoms with E-state index in [0.29, 0.717) is 23.7 Å². The first-order valence-electron chi connectivity index (χ1n) is 9.23. The van der Waals surface area contributed by atoms with Crippen molar-refractivity contribution in [3.63, 3.8) is 0 Å². The number of amides is 2. The van der Waals surface area contributed by atoms with E-state index < -0.39 is 11.8 Å². The summed E-state index contributed by atoms with van der Waals surface area (Å²) >= 11 is 5.93. The van der Waals surface area contributed by atoms with Crippen molar-refractivity contribution in [1.29, 1.82) is 0 Å². The molecule has 0 fully saturated rings. The van der Waals surface area contributed by atoms with E-state index in [4.69, 9.17) is 11.6 Å². The molecule has 0 aliphatic carbocycles. The van der Waals surface area contributed by atoms with Crippen LogP contribution in [0.1, 0.15) is 16.7 Å². The van der Waals surface area contributed by atoms with E-state index in [0.717, 1.165) is 11.1 Å². The van der Waals surface area contributed by atoms with Crippen LogP contribution in [0.25, 0.3) is 6.08 Å². The summed E-state index contributed by atoms with van der Waals surface area (Å²) in [6, 6.07) is 26.0. The smallest absolute Gasteiger partial charge is 0.257 e. The lowest BCUT2D eigenvalue weighted by molar-refractivity contribution is -0.123. The summed E-state index contributed by atoms with van der Waals surface area (Å²) < 4.78 is 0. The predicted molar refractivity (Wildman–Crippen MR) is 116 cm³/mol. The summed E-state index contributed by atoms with van der Waals surface area (Å²) in [5, 5.41) is 6.22. The second-order valence-electron chi connectivity index (χ2n) is 6.45. The maximum absolute atomic E-state index is 12.8. The quantitative estimate of drug-likeness (QED) is 0.349. The van der Waals surface area contributed by atoms with Gasteiger partial charge in [-0.1, -0.05) is 84.4 Å². The Hall–Kier alpha value is -3.37. The molecule has 4 nitrogen and oxygen atoms in total. The zero-order valence-corrected chi connectivity index (χ0v) is 16.5. The number of nitrogens with one attached hydrogen (secondary N) is 2. The number of hydrogen-bond acceptors (Lipinski definition) is 2. The molecule has 0 aromatic heterocycles. The van der Waals surface area contributed by atoms with Crippen molar-refractivity contribution in [2.24, 2.45) is 0 Å². The molecule has 3 rings (SSSR count). The molecular formula is C24H21ClN2O2. The highest BCUT2D eigenvalue weighted by molar-refractivity contribution is 6.30. The summed E-state index contributed by atoms with van der Waals surface area (Å²) in [5.74, 6) is -0.872. The first kappa shape index (κ1) is 20.4. The summed E-state index contributed by atoms with van der Waals surface area (Å²) in [5.41, 5.74) is 2.67. The largest absolute Gasteiger partial charge is 0.348 e. The van der Waals surface area contributed by atoms with Gasteiger partial charge in [0.25, 0.3) is 11.8 Å². The molecule has 3 aromatic rings. The van der Waals surface area contributed by atoms with Gasteiger partial charge in [-0.05, 0) is 34.9 Å². The zero-order chi connectivity index (χ0) is 20.5. The van der Waals surface area contributed by atoms with Crippen molar-refractivity contribution >= 4 is 29.5 Å². The van der Waals surface area contributed by atoms with Crippen LogP contribution in [-0.2, 0) is 22.7 Å². The number of benzene rings is 3. The Labute approximate surface area is 175 Å². The minimum atomic E-state index is -0.436. The minimum absolute atomic E-state index is 0.0409. The molecule has 0 radical (unpaired) electrons. The molecule has 29 heavy (non-hydrogen) atoms. The van der Waals surface area contributed by atoms with Gasteiger partial charge in [0, 0.05) is 18.1 Å². The molecule has 0 aliphatic heterocycles. The Bertz CT molecular complexity index is 927. The molecular weight excluding hydrogens is 384 g/mol. The molecule has 0 atom stereocenters. The molecule has 0 saturated carbocycles. The van der Waals surface area contributed by atoms with Crippen molar-refractivity contribution in [1.82, 2.24) is 10.6 Å². The lowest BCUT2D eigenvalue weighted by atomic mass is 10.1. The number of hydrogen-bond donors (Lipinski definition) is 2. The van der Waals surface area contributed by atoms with Crippen LogP contribution >= 0.6 is 11.6 Å². The van der Waals surface area contributed by atoms with Gasteiger partial charge in [0.15, 0.2) is 0 Å². The van der Waals surface area contributed by atoms with E-state index in [1.807, 2.05) is 60.7 Å². The molecule has 0 spiro atoms. The van der Waals surface area contributed by atoms with Gasteiger partial charge in [0.1, 0.15) is 5.57 Å². The van der Waals surface area contributed by atoms with Gasteiger partial charge in [-0.15, -0.1) is 0 Å². The first-order valence-corrected chi connectivity index (χ1v) is 9.61. The molecule has 0 aliphatic rings. The van der Waals surface area contributed by atoms with E-state index in [1.165, 1.54) is 0 Å².